The molecule has 2 aliphatic heterocycles. The van der Waals surface area contributed by atoms with Crippen LogP contribution in [0, 0.1) is 0 Å². The van der Waals surface area contributed by atoms with Crippen molar-refractivity contribution in [1.29, 1.82) is 0 Å². The molecule has 4 rings (SSSR count). The van der Waals surface area contributed by atoms with E-state index in [1.54, 1.807) is 11.1 Å². The molecule has 2 fully saturated rings. The van der Waals surface area contributed by atoms with Crippen LogP contribution in [-0.4, -0.2) is 77.0 Å². The van der Waals surface area contributed by atoms with Crippen LogP contribution in [0.5, 0.6) is 0 Å². The van der Waals surface area contributed by atoms with Crippen molar-refractivity contribution in [1.82, 2.24) is 19.9 Å². The number of aromatic nitrogens is 3. The molecule has 1 unspecified atom stereocenters. The quantitative estimate of drug-likeness (QED) is 0.737. The minimum Gasteiger partial charge on any atom is -0.444 e. The molecule has 0 radical (unpaired) electrons. The molecule has 0 saturated carbocycles. The summed E-state index contributed by atoms with van der Waals surface area (Å²) < 4.78 is 10.9. The number of nitrogens with one attached hydrogen (secondary N) is 1. The van der Waals surface area contributed by atoms with Crippen LogP contribution in [0.2, 0.25) is 5.15 Å². The molecular formula is C20H27ClN6O3. The van der Waals surface area contributed by atoms with Gasteiger partial charge in [0, 0.05) is 43.8 Å². The SMILES string of the molecule is CC(C)(C)OC(=O)N1CCC(Nc2nc(N3CCOCC3)nc3c(Cl)nccc23)C1. The molecule has 1 amide bonds. The van der Waals surface area contributed by atoms with Gasteiger partial charge in [-0.1, -0.05) is 11.6 Å². The minimum atomic E-state index is -0.512. The van der Waals surface area contributed by atoms with E-state index in [0.29, 0.717) is 48.7 Å². The Morgan fingerprint density at radius 2 is 2.03 bits per heavy atom. The summed E-state index contributed by atoms with van der Waals surface area (Å²) in [6.45, 7) is 9.51. The van der Waals surface area contributed by atoms with Crippen LogP contribution in [0.15, 0.2) is 12.3 Å². The molecule has 2 saturated heterocycles. The summed E-state index contributed by atoms with van der Waals surface area (Å²) in [5.41, 5.74) is 0.0996. The average molecular weight is 435 g/mol. The third kappa shape index (κ3) is 4.67. The van der Waals surface area contributed by atoms with E-state index >= 15 is 0 Å². The van der Waals surface area contributed by atoms with Gasteiger partial charge in [-0.05, 0) is 33.3 Å². The summed E-state index contributed by atoms with van der Waals surface area (Å²) in [5.74, 6) is 1.30. The number of morpholine rings is 1. The number of ether oxygens (including phenoxy) is 2. The normalized spacial score (nSPS) is 19.9. The van der Waals surface area contributed by atoms with E-state index in [2.05, 4.69) is 20.2 Å². The fourth-order valence-electron chi connectivity index (χ4n) is 3.59. The molecule has 0 spiro atoms. The fraction of sp³-hybridized carbons (Fsp3) is 0.600. The van der Waals surface area contributed by atoms with Gasteiger partial charge in [0.15, 0.2) is 5.15 Å². The molecule has 1 atom stereocenters. The third-order valence-corrected chi connectivity index (χ3v) is 5.31. The highest BCUT2D eigenvalue weighted by atomic mass is 35.5. The van der Waals surface area contributed by atoms with Crippen molar-refractivity contribution in [2.24, 2.45) is 0 Å². The summed E-state index contributed by atoms with van der Waals surface area (Å²) in [4.78, 5) is 29.8. The van der Waals surface area contributed by atoms with Gasteiger partial charge in [0.25, 0.3) is 0 Å². The van der Waals surface area contributed by atoms with Crippen molar-refractivity contribution in [3.63, 3.8) is 0 Å². The number of halogens is 1. The van der Waals surface area contributed by atoms with Gasteiger partial charge < -0.3 is 24.6 Å². The van der Waals surface area contributed by atoms with Gasteiger partial charge in [-0.15, -0.1) is 0 Å². The number of rotatable bonds is 3. The number of pyridine rings is 1. The Kier molecular flexibility index (Phi) is 5.84. The molecule has 162 valence electrons. The van der Waals surface area contributed by atoms with E-state index in [1.165, 1.54) is 0 Å². The second-order valence-corrected chi connectivity index (χ2v) is 8.88. The monoisotopic (exact) mass is 434 g/mol. The van der Waals surface area contributed by atoms with E-state index in [0.717, 1.165) is 24.9 Å². The van der Waals surface area contributed by atoms with Crippen molar-refractivity contribution in [3.8, 4) is 0 Å². The van der Waals surface area contributed by atoms with Gasteiger partial charge >= 0.3 is 6.09 Å². The van der Waals surface area contributed by atoms with E-state index in [-0.39, 0.29) is 12.1 Å². The third-order valence-electron chi connectivity index (χ3n) is 5.03. The predicted octanol–water partition coefficient (Wildman–Crippen LogP) is 2.94. The molecule has 9 nitrogen and oxygen atoms in total. The Balaban J connectivity index is 1.56. The van der Waals surface area contributed by atoms with Crippen LogP contribution >= 0.6 is 11.6 Å². The molecule has 0 aliphatic carbocycles. The van der Waals surface area contributed by atoms with Gasteiger partial charge in [0.1, 0.15) is 16.9 Å². The zero-order valence-corrected chi connectivity index (χ0v) is 18.3. The first-order chi connectivity index (χ1) is 14.3. The van der Waals surface area contributed by atoms with Gasteiger partial charge in [-0.3, -0.25) is 0 Å². The lowest BCUT2D eigenvalue weighted by molar-refractivity contribution is 0.0293. The largest absolute Gasteiger partial charge is 0.444 e. The maximum absolute atomic E-state index is 12.4. The van der Waals surface area contributed by atoms with Gasteiger partial charge in [0.2, 0.25) is 5.95 Å². The molecule has 0 bridgehead atoms. The van der Waals surface area contributed by atoms with Crippen LogP contribution in [0.1, 0.15) is 27.2 Å². The van der Waals surface area contributed by atoms with Crippen LogP contribution in [0.3, 0.4) is 0 Å². The summed E-state index contributed by atoms with van der Waals surface area (Å²) >= 11 is 6.34. The Hall–Kier alpha value is -2.39. The molecular weight excluding hydrogens is 408 g/mol. The Morgan fingerprint density at radius 3 is 2.77 bits per heavy atom. The number of amides is 1. The number of fused-ring (bicyclic) bond motifs is 1. The van der Waals surface area contributed by atoms with Crippen LogP contribution in [0.4, 0.5) is 16.6 Å². The van der Waals surface area contributed by atoms with Crippen LogP contribution in [0.25, 0.3) is 10.9 Å². The van der Waals surface area contributed by atoms with Crippen molar-refractivity contribution in [2.75, 3.05) is 49.6 Å². The van der Waals surface area contributed by atoms with Gasteiger partial charge in [-0.25, -0.2) is 14.8 Å². The number of anilines is 2. The van der Waals surface area contributed by atoms with Gasteiger partial charge in [0.05, 0.1) is 13.2 Å². The first-order valence-corrected chi connectivity index (χ1v) is 10.6. The highest BCUT2D eigenvalue weighted by Gasteiger charge is 2.30. The summed E-state index contributed by atoms with van der Waals surface area (Å²) in [6.07, 6.45) is 2.16. The second-order valence-electron chi connectivity index (χ2n) is 8.53. The average Bonchev–Trinajstić information content (AvgIpc) is 3.17. The van der Waals surface area contributed by atoms with Crippen LogP contribution < -0.4 is 10.2 Å². The fourth-order valence-corrected chi connectivity index (χ4v) is 3.79. The van der Waals surface area contributed by atoms with E-state index in [9.17, 15) is 4.79 Å². The maximum atomic E-state index is 12.4. The standard InChI is InChI=1S/C20H27ClN6O3/c1-20(2,3)30-19(28)27-7-5-13(12-27)23-17-14-4-6-22-16(21)15(14)24-18(25-17)26-8-10-29-11-9-26/h4,6,13H,5,7-12H2,1-3H3,(H,23,24,25). The Labute approximate surface area is 180 Å². The van der Waals surface area contributed by atoms with E-state index in [4.69, 9.17) is 26.1 Å². The minimum absolute atomic E-state index is 0.0556. The number of nitrogens with zero attached hydrogens (tertiary/aromatic N) is 5. The highest BCUT2D eigenvalue weighted by Crippen LogP contribution is 2.29. The lowest BCUT2D eigenvalue weighted by atomic mass is 10.2. The molecule has 10 heteroatoms. The highest BCUT2D eigenvalue weighted by molar-refractivity contribution is 6.34. The summed E-state index contributed by atoms with van der Waals surface area (Å²) in [6, 6.07) is 1.91. The number of carbonyl (C=O) groups excluding carboxylic acids is 1. The lowest BCUT2D eigenvalue weighted by Crippen LogP contribution is -2.38. The number of hydrogen-bond donors (Lipinski definition) is 1. The number of likely N-dealkylation sites (tertiary alicyclic amines) is 1. The molecule has 1 N–H and O–H groups in total. The van der Waals surface area contributed by atoms with E-state index < -0.39 is 5.60 Å². The molecule has 30 heavy (non-hydrogen) atoms. The summed E-state index contributed by atoms with van der Waals surface area (Å²) in [7, 11) is 0. The molecule has 2 aromatic heterocycles. The van der Waals surface area contributed by atoms with Crippen molar-refractivity contribution in [2.45, 2.75) is 38.8 Å². The smallest absolute Gasteiger partial charge is 0.410 e. The van der Waals surface area contributed by atoms with Crippen molar-refractivity contribution >= 4 is 40.4 Å². The zero-order chi connectivity index (χ0) is 21.3. The molecule has 2 aliphatic rings. The van der Waals surface area contributed by atoms with Crippen LogP contribution in [-0.2, 0) is 9.47 Å². The topological polar surface area (TPSA) is 92.7 Å². The van der Waals surface area contributed by atoms with Crippen molar-refractivity contribution in [3.05, 3.63) is 17.4 Å². The number of hydrogen-bond acceptors (Lipinski definition) is 8. The second kappa shape index (κ2) is 8.39. The first-order valence-electron chi connectivity index (χ1n) is 10.2. The number of carbonyl (C=O) groups is 1. The molecule has 2 aromatic rings. The predicted molar refractivity (Wildman–Crippen MR) is 115 cm³/mol. The Bertz CT molecular complexity index is 929. The van der Waals surface area contributed by atoms with Crippen molar-refractivity contribution < 1.29 is 14.3 Å². The van der Waals surface area contributed by atoms with Gasteiger partial charge in [-0.2, -0.15) is 4.98 Å². The maximum Gasteiger partial charge on any atom is 0.410 e. The summed E-state index contributed by atoms with van der Waals surface area (Å²) in [5, 5.41) is 4.64. The molecule has 4 heterocycles. The lowest BCUT2D eigenvalue weighted by Gasteiger charge is -2.28. The van der Waals surface area contributed by atoms with E-state index in [1.807, 2.05) is 26.8 Å². The Morgan fingerprint density at radius 1 is 1.27 bits per heavy atom. The zero-order valence-electron chi connectivity index (χ0n) is 17.5. The first kappa shape index (κ1) is 20.9. The molecule has 0 aromatic carbocycles.